The summed E-state index contributed by atoms with van der Waals surface area (Å²) >= 11 is 6.10. The van der Waals surface area contributed by atoms with Crippen molar-refractivity contribution in [3.05, 3.63) is 41.3 Å². The zero-order chi connectivity index (χ0) is 15.1. The molecule has 0 fully saturated rings. The molecule has 2 rings (SSSR count). The van der Waals surface area contributed by atoms with Crippen molar-refractivity contribution < 1.29 is 4.79 Å². The fourth-order valence-electron chi connectivity index (χ4n) is 2.11. The van der Waals surface area contributed by atoms with Gasteiger partial charge >= 0.3 is 0 Å². The van der Waals surface area contributed by atoms with E-state index in [0.29, 0.717) is 17.4 Å². The van der Waals surface area contributed by atoms with Crippen molar-refractivity contribution in [1.82, 2.24) is 14.7 Å². The Morgan fingerprint density at radius 1 is 1.38 bits per heavy atom. The minimum atomic E-state index is -0.103. The molecule has 4 nitrogen and oxygen atoms in total. The van der Waals surface area contributed by atoms with Crippen molar-refractivity contribution in [1.29, 1.82) is 0 Å². The monoisotopic (exact) mass is 305 g/mol. The van der Waals surface area contributed by atoms with Crippen LogP contribution in [-0.2, 0) is 4.79 Å². The maximum Gasteiger partial charge on any atom is 0.244 e. The lowest BCUT2D eigenvalue weighted by Gasteiger charge is -2.01. The molecule has 0 aliphatic rings. The first-order valence-corrected chi connectivity index (χ1v) is 7.68. The van der Waals surface area contributed by atoms with Gasteiger partial charge in [-0.05, 0) is 24.6 Å². The molecule has 1 amide bonds. The van der Waals surface area contributed by atoms with E-state index in [-0.39, 0.29) is 5.91 Å². The van der Waals surface area contributed by atoms with Gasteiger partial charge < -0.3 is 5.32 Å². The molecule has 0 spiro atoms. The van der Waals surface area contributed by atoms with Crippen LogP contribution < -0.4 is 5.32 Å². The number of fused-ring (bicyclic) bond motifs is 1. The fraction of sp³-hybridized carbons (Fsp3) is 0.375. The van der Waals surface area contributed by atoms with Crippen LogP contribution >= 0.6 is 11.6 Å². The standard InChI is InChI=1S/C16H20ClN3O/c1-2-3-4-6-11-18-15(21)10-9-13-16(17)19-14-8-5-7-12-20(13)14/h5,7-10,12H,2-4,6,11H2,1H3,(H,18,21)/b10-9+. The highest BCUT2D eigenvalue weighted by atomic mass is 35.5. The van der Waals surface area contributed by atoms with Crippen molar-refractivity contribution in [2.24, 2.45) is 0 Å². The van der Waals surface area contributed by atoms with E-state index in [1.54, 1.807) is 6.08 Å². The molecule has 0 aliphatic carbocycles. The molecular formula is C16H20ClN3O. The highest BCUT2D eigenvalue weighted by Crippen LogP contribution is 2.18. The number of aromatic nitrogens is 2. The van der Waals surface area contributed by atoms with Crippen LogP contribution in [0.4, 0.5) is 0 Å². The van der Waals surface area contributed by atoms with Gasteiger partial charge in [0, 0.05) is 18.8 Å². The predicted molar refractivity (Wildman–Crippen MR) is 86.4 cm³/mol. The lowest BCUT2D eigenvalue weighted by molar-refractivity contribution is -0.116. The average Bonchev–Trinajstić information content (AvgIpc) is 2.80. The van der Waals surface area contributed by atoms with E-state index in [2.05, 4.69) is 17.2 Å². The molecule has 0 unspecified atom stereocenters. The summed E-state index contributed by atoms with van der Waals surface area (Å²) in [6.07, 6.45) is 9.65. The number of carbonyl (C=O) groups is 1. The van der Waals surface area contributed by atoms with Crippen LogP contribution in [-0.4, -0.2) is 21.8 Å². The molecule has 0 bridgehead atoms. The van der Waals surface area contributed by atoms with Crippen LogP contribution in [0.15, 0.2) is 30.5 Å². The molecule has 0 saturated heterocycles. The summed E-state index contributed by atoms with van der Waals surface area (Å²) in [6, 6.07) is 5.67. The van der Waals surface area contributed by atoms with Crippen LogP contribution in [0, 0.1) is 0 Å². The molecule has 21 heavy (non-hydrogen) atoms. The summed E-state index contributed by atoms with van der Waals surface area (Å²) in [7, 11) is 0. The number of halogens is 1. The second kappa shape index (κ2) is 7.84. The number of rotatable bonds is 7. The summed E-state index contributed by atoms with van der Waals surface area (Å²) in [4.78, 5) is 16.0. The molecule has 2 aromatic rings. The van der Waals surface area contributed by atoms with Gasteiger partial charge in [0.1, 0.15) is 5.65 Å². The van der Waals surface area contributed by atoms with Crippen LogP contribution in [0.2, 0.25) is 5.15 Å². The SMILES string of the molecule is CCCCCCNC(=O)/C=C/c1c(Cl)nc2ccccn12. The molecule has 2 heterocycles. The third-order valence-corrected chi connectivity index (χ3v) is 3.52. The maximum atomic E-state index is 11.7. The number of hydrogen-bond acceptors (Lipinski definition) is 2. The Labute approximate surface area is 129 Å². The Bertz CT molecular complexity index is 633. The zero-order valence-corrected chi connectivity index (χ0v) is 12.9. The molecule has 5 heteroatoms. The maximum absolute atomic E-state index is 11.7. The lowest BCUT2D eigenvalue weighted by atomic mass is 10.2. The fourth-order valence-corrected chi connectivity index (χ4v) is 2.35. The summed E-state index contributed by atoms with van der Waals surface area (Å²) in [5.41, 5.74) is 1.48. The Hall–Kier alpha value is -1.81. The molecule has 0 atom stereocenters. The number of nitrogens with one attached hydrogen (secondary N) is 1. The first-order chi connectivity index (χ1) is 10.2. The minimum absolute atomic E-state index is 0.103. The molecule has 1 N–H and O–H groups in total. The average molecular weight is 306 g/mol. The molecular weight excluding hydrogens is 286 g/mol. The van der Waals surface area contributed by atoms with Crippen molar-refractivity contribution in [3.63, 3.8) is 0 Å². The number of imidazole rings is 1. The highest BCUT2D eigenvalue weighted by molar-refractivity contribution is 6.31. The number of nitrogens with zero attached hydrogens (tertiary/aromatic N) is 2. The van der Waals surface area contributed by atoms with Crippen molar-refractivity contribution in [3.8, 4) is 0 Å². The summed E-state index contributed by atoms with van der Waals surface area (Å²) in [5, 5.41) is 3.27. The van der Waals surface area contributed by atoms with Gasteiger partial charge in [-0.3, -0.25) is 9.20 Å². The van der Waals surface area contributed by atoms with Gasteiger partial charge in [0.2, 0.25) is 5.91 Å². The Morgan fingerprint density at radius 3 is 3.05 bits per heavy atom. The zero-order valence-electron chi connectivity index (χ0n) is 12.2. The largest absolute Gasteiger partial charge is 0.353 e. The van der Waals surface area contributed by atoms with Gasteiger partial charge in [-0.15, -0.1) is 0 Å². The van der Waals surface area contributed by atoms with Crippen LogP contribution in [0.1, 0.15) is 38.3 Å². The van der Waals surface area contributed by atoms with Crippen LogP contribution in [0.5, 0.6) is 0 Å². The molecule has 0 aliphatic heterocycles. The third kappa shape index (κ3) is 4.33. The van der Waals surface area contributed by atoms with Gasteiger partial charge in [0.25, 0.3) is 0 Å². The van der Waals surface area contributed by atoms with Crippen molar-refractivity contribution in [2.45, 2.75) is 32.6 Å². The van der Waals surface area contributed by atoms with E-state index in [4.69, 9.17) is 11.6 Å². The lowest BCUT2D eigenvalue weighted by Crippen LogP contribution is -2.21. The molecule has 112 valence electrons. The minimum Gasteiger partial charge on any atom is -0.353 e. The highest BCUT2D eigenvalue weighted by Gasteiger charge is 2.06. The smallest absolute Gasteiger partial charge is 0.244 e. The quantitative estimate of drug-likeness (QED) is 0.626. The summed E-state index contributed by atoms with van der Waals surface area (Å²) < 4.78 is 1.85. The van der Waals surface area contributed by atoms with Gasteiger partial charge in [0.15, 0.2) is 5.15 Å². The first-order valence-electron chi connectivity index (χ1n) is 7.31. The number of carbonyl (C=O) groups excluding carboxylic acids is 1. The number of pyridine rings is 1. The molecule has 0 aromatic carbocycles. The van der Waals surface area contributed by atoms with Gasteiger partial charge in [-0.25, -0.2) is 4.98 Å². The Kier molecular flexibility index (Phi) is 5.81. The molecule has 0 saturated carbocycles. The number of hydrogen-bond donors (Lipinski definition) is 1. The van der Waals surface area contributed by atoms with Gasteiger partial charge in [0.05, 0.1) is 5.69 Å². The second-order valence-corrected chi connectivity index (χ2v) is 5.26. The topological polar surface area (TPSA) is 46.4 Å². The summed E-state index contributed by atoms with van der Waals surface area (Å²) in [6.45, 7) is 2.88. The molecule has 2 aromatic heterocycles. The number of unbranched alkanes of at least 4 members (excludes halogenated alkanes) is 3. The van der Waals surface area contributed by atoms with Crippen LogP contribution in [0.3, 0.4) is 0 Å². The van der Waals surface area contributed by atoms with E-state index < -0.39 is 0 Å². The normalized spacial score (nSPS) is 11.3. The van der Waals surface area contributed by atoms with E-state index in [1.165, 1.54) is 18.9 Å². The van der Waals surface area contributed by atoms with Gasteiger partial charge in [-0.2, -0.15) is 0 Å². The predicted octanol–water partition coefficient (Wildman–Crippen LogP) is 3.70. The van der Waals surface area contributed by atoms with Crippen molar-refractivity contribution >= 4 is 29.2 Å². The van der Waals surface area contributed by atoms with E-state index in [1.807, 2.05) is 28.8 Å². The second-order valence-electron chi connectivity index (χ2n) is 4.90. The summed E-state index contributed by atoms with van der Waals surface area (Å²) in [5.74, 6) is -0.103. The van der Waals surface area contributed by atoms with Crippen LogP contribution in [0.25, 0.3) is 11.7 Å². The van der Waals surface area contributed by atoms with E-state index >= 15 is 0 Å². The van der Waals surface area contributed by atoms with Gasteiger partial charge in [-0.1, -0.05) is 43.9 Å². The van der Waals surface area contributed by atoms with E-state index in [9.17, 15) is 4.79 Å². The number of amides is 1. The van der Waals surface area contributed by atoms with E-state index in [0.717, 1.165) is 18.5 Å². The third-order valence-electron chi connectivity index (χ3n) is 3.24. The molecule has 0 radical (unpaired) electrons. The Morgan fingerprint density at radius 2 is 2.24 bits per heavy atom. The Balaban J connectivity index is 1.93. The first kappa shape index (κ1) is 15.6. The van der Waals surface area contributed by atoms with Crippen molar-refractivity contribution in [2.75, 3.05) is 6.54 Å².